The number of methoxy groups -OCH3 is 1. The highest BCUT2D eigenvalue weighted by Crippen LogP contribution is 2.35. The van der Waals surface area contributed by atoms with Crippen LogP contribution in [0.3, 0.4) is 0 Å². The number of amides is 1. The molecule has 1 fully saturated rings. The fraction of sp³-hybridized carbons (Fsp3) is 0.533. The number of benzene rings is 1. The molecule has 1 aromatic carbocycles. The van der Waals surface area contributed by atoms with Crippen molar-refractivity contribution < 1.29 is 23.0 Å². The Morgan fingerprint density at radius 1 is 1.45 bits per heavy atom. The van der Waals surface area contributed by atoms with Crippen LogP contribution in [0.2, 0.25) is 0 Å². The summed E-state index contributed by atoms with van der Waals surface area (Å²) in [5, 5.41) is 2.66. The van der Waals surface area contributed by atoms with E-state index in [0.29, 0.717) is 12.3 Å². The summed E-state index contributed by atoms with van der Waals surface area (Å²) in [5.74, 6) is 0.0613. The zero-order valence-corrected chi connectivity index (χ0v) is 12.4. The van der Waals surface area contributed by atoms with Crippen LogP contribution in [-0.2, 0) is 4.79 Å². The van der Waals surface area contributed by atoms with Crippen LogP contribution in [0, 0.1) is 11.8 Å². The van der Waals surface area contributed by atoms with E-state index in [1.165, 1.54) is 25.3 Å². The Kier molecular flexibility index (Phi) is 5.54. The van der Waals surface area contributed by atoms with Gasteiger partial charge in [0.25, 0.3) is 0 Å². The fourth-order valence-electron chi connectivity index (χ4n) is 2.82. The monoisotopic (exact) mass is 314 g/mol. The van der Waals surface area contributed by atoms with E-state index in [0.717, 1.165) is 19.3 Å². The van der Waals surface area contributed by atoms with Gasteiger partial charge in [0.05, 0.1) is 12.8 Å². The third-order valence-corrected chi connectivity index (χ3v) is 3.96. The summed E-state index contributed by atoms with van der Waals surface area (Å²) in [7, 11) is 1.45. The lowest BCUT2D eigenvalue weighted by Crippen LogP contribution is -2.30. The van der Waals surface area contributed by atoms with E-state index in [1.807, 2.05) is 0 Å². The maximum atomic E-state index is 12.5. The number of halogens is 2. The summed E-state index contributed by atoms with van der Waals surface area (Å²) < 4.78 is 34.4. The van der Waals surface area contributed by atoms with Crippen LogP contribution in [0.25, 0.3) is 0 Å². The molecule has 1 aliphatic carbocycles. The summed E-state index contributed by atoms with van der Waals surface area (Å²) in [6.07, 6.45) is 2.61. The van der Waals surface area contributed by atoms with E-state index in [4.69, 9.17) is 10.5 Å². The molecule has 5 nitrogen and oxygen atoms in total. The van der Waals surface area contributed by atoms with Gasteiger partial charge in [-0.25, -0.2) is 0 Å². The van der Waals surface area contributed by atoms with Crippen molar-refractivity contribution in [3.05, 3.63) is 18.2 Å². The van der Waals surface area contributed by atoms with Crippen LogP contribution in [-0.4, -0.2) is 26.2 Å². The Bertz CT molecular complexity index is 526. The fourth-order valence-corrected chi connectivity index (χ4v) is 2.82. The van der Waals surface area contributed by atoms with E-state index in [9.17, 15) is 13.6 Å². The van der Waals surface area contributed by atoms with Crippen molar-refractivity contribution in [3.63, 3.8) is 0 Å². The minimum absolute atomic E-state index is 0.0913. The van der Waals surface area contributed by atoms with Crippen LogP contribution in [0.5, 0.6) is 11.5 Å². The van der Waals surface area contributed by atoms with Gasteiger partial charge >= 0.3 is 6.61 Å². The predicted molar refractivity (Wildman–Crippen MR) is 78.1 cm³/mol. The van der Waals surface area contributed by atoms with Gasteiger partial charge in [-0.1, -0.05) is 6.42 Å². The minimum Gasteiger partial charge on any atom is -0.497 e. The van der Waals surface area contributed by atoms with Gasteiger partial charge in [0.15, 0.2) is 0 Å². The molecular formula is C15H20F2N2O3. The van der Waals surface area contributed by atoms with Crippen LogP contribution in [0.4, 0.5) is 14.5 Å². The maximum Gasteiger partial charge on any atom is 0.387 e. The summed E-state index contributed by atoms with van der Waals surface area (Å²) in [4.78, 5) is 12.4. The molecule has 0 heterocycles. The van der Waals surface area contributed by atoms with Gasteiger partial charge in [-0.3, -0.25) is 4.79 Å². The predicted octanol–water partition coefficient (Wildman–Crippen LogP) is 2.61. The van der Waals surface area contributed by atoms with Crippen molar-refractivity contribution in [1.29, 1.82) is 0 Å². The smallest absolute Gasteiger partial charge is 0.387 e. The van der Waals surface area contributed by atoms with Gasteiger partial charge in [0.1, 0.15) is 11.5 Å². The summed E-state index contributed by atoms with van der Waals surface area (Å²) in [5.41, 5.74) is 5.85. The molecule has 2 rings (SSSR count). The first-order valence-corrected chi connectivity index (χ1v) is 7.19. The van der Waals surface area contributed by atoms with Crippen LogP contribution in [0.1, 0.15) is 19.3 Å². The van der Waals surface area contributed by atoms with Gasteiger partial charge in [0.2, 0.25) is 5.91 Å². The first kappa shape index (κ1) is 16.5. The molecule has 1 aromatic rings. The highest BCUT2D eigenvalue weighted by atomic mass is 19.3. The minimum atomic E-state index is -2.97. The Balaban J connectivity index is 2.17. The molecule has 1 saturated carbocycles. The number of rotatable bonds is 6. The molecule has 2 atom stereocenters. The van der Waals surface area contributed by atoms with Crippen molar-refractivity contribution in [3.8, 4) is 11.5 Å². The highest BCUT2D eigenvalue weighted by molar-refractivity contribution is 5.94. The third kappa shape index (κ3) is 3.85. The topological polar surface area (TPSA) is 73.6 Å². The van der Waals surface area contributed by atoms with Crippen molar-refractivity contribution in [2.75, 3.05) is 19.0 Å². The molecular weight excluding hydrogens is 294 g/mol. The number of hydrogen-bond acceptors (Lipinski definition) is 4. The molecule has 3 N–H and O–H groups in total. The summed E-state index contributed by atoms with van der Waals surface area (Å²) in [6, 6.07) is 4.29. The molecule has 0 spiro atoms. The van der Waals surface area contributed by atoms with Crippen molar-refractivity contribution >= 4 is 11.6 Å². The molecule has 0 bridgehead atoms. The number of ether oxygens (including phenoxy) is 2. The van der Waals surface area contributed by atoms with E-state index < -0.39 is 6.61 Å². The van der Waals surface area contributed by atoms with E-state index in [2.05, 4.69) is 10.1 Å². The number of carbonyl (C=O) groups excluding carboxylic acids is 1. The Morgan fingerprint density at radius 2 is 2.23 bits per heavy atom. The Morgan fingerprint density at radius 3 is 2.86 bits per heavy atom. The van der Waals surface area contributed by atoms with Gasteiger partial charge in [-0.2, -0.15) is 8.78 Å². The summed E-state index contributed by atoms with van der Waals surface area (Å²) >= 11 is 0. The summed E-state index contributed by atoms with van der Waals surface area (Å²) in [6.45, 7) is -2.52. The lowest BCUT2D eigenvalue weighted by Gasteiger charge is -2.19. The number of hydrogen-bond donors (Lipinski definition) is 2. The Hall–Kier alpha value is -1.89. The maximum absolute atomic E-state index is 12.5. The highest BCUT2D eigenvalue weighted by Gasteiger charge is 2.32. The molecule has 0 aliphatic heterocycles. The zero-order valence-electron chi connectivity index (χ0n) is 12.4. The number of carbonyl (C=O) groups is 1. The number of nitrogens with one attached hydrogen (secondary N) is 1. The average Bonchev–Trinajstić information content (AvgIpc) is 2.97. The SMILES string of the molecule is COc1ccc(OC(F)F)c(NC(=O)[C@@H]2CCC[C@@H]2CN)c1. The second kappa shape index (κ2) is 7.40. The molecule has 1 aliphatic rings. The number of nitrogens with two attached hydrogens (primary N) is 1. The van der Waals surface area contributed by atoms with E-state index in [-0.39, 0.29) is 29.2 Å². The van der Waals surface area contributed by atoms with Crippen LogP contribution < -0.4 is 20.5 Å². The van der Waals surface area contributed by atoms with Crippen molar-refractivity contribution in [1.82, 2.24) is 0 Å². The molecule has 22 heavy (non-hydrogen) atoms. The quantitative estimate of drug-likeness (QED) is 0.846. The number of alkyl halides is 2. The molecule has 0 saturated heterocycles. The lowest BCUT2D eigenvalue weighted by molar-refractivity contribution is -0.120. The van der Waals surface area contributed by atoms with Gasteiger partial charge in [0, 0.05) is 12.0 Å². The second-order valence-corrected chi connectivity index (χ2v) is 5.26. The first-order chi connectivity index (χ1) is 10.5. The van der Waals surface area contributed by atoms with E-state index in [1.54, 1.807) is 0 Å². The van der Waals surface area contributed by atoms with Crippen LogP contribution >= 0.6 is 0 Å². The number of anilines is 1. The molecule has 1 amide bonds. The lowest BCUT2D eigenvalue weighted by atomic mass is 9.95. The van der Waals surface area contributed by atoms with Crippen molar-refractivity contribution in [2.45, 2.75) is 25.9 Å². The average molecular weight is 314 g/mol. The standard InChI is InChI=1S/C15H20F2N2O3/c1-21-10-5-6-13(22-15(16)17)12(7-10)19-14(20)11-4-2-3-9(11)8-18/h5-7,9,11,15H,2-4,8,18H2,1H3,(H,19,20)/t9-,11-/m1/s1. The second-order valence-electron chi connectivity index (χ2n) is 5.26. The molecule has 0 radical (unpaired) electrons. The largest absolute Gasteiger partial charge is 0.497 e. The van der Waals surface area contributed by atoms with E-state index >= 15 is 0 Å². The first-order valence-electron chi connectivity index (χ1n) is 7.19. The molecule has 0 aromatic heterocycles. The van der Waals surface area contributed by atoms with Crippen LogP contribution in [0.15, 0.2) is 18.2 Å². The molecule has 0 unspecified atom stereocenters. The van der Waals surface area contributed by atoms with Gasteiger partial charge in [-0.05, 0) is 37.4 Å². The van der Waals surface area contributed by atoms with Gasteiger partial charge < -0.3 is 20.5 Å². The zero-order chi connectivity index (χ0) is 16.1. The molecule has 7 heteroatoms. The Labute approximate surface area is 127 Å². The van der Waals surface area contributed by atoms with Gasteiger partial charge in [-0.15, -0.1) is 0 Å². The third-order valence-electron chi connectivity index (χ3n) is 3.96. The molecule has 122 valence electrons. The van der Waals surface area contributed by atoms with Crippen molar-refractivity contribution in [2.24, 2.45) is 17.6 Å². The normalized spacial score (nSPS) is 21.0.